The van der Waals surface area contributed by atoms with E-state index < -0.39 is 5.82 Å². The topological polar surface area (TPSA) is 38.1 Å². The van der Waals surface area contributed by atoms with Crippen molar-refractivity contribution in [2.75, 3.05) is 14.1 Å². The number of rotatable bonds is 5. The number of hydrogen-bond donors (Lipinski definition) is 0. The highest BCUT2D eigenvalue weighted by Gasteiger charge is 2.20. The van der Waals surface area contributed by atoms with Gasteiger partial charge in [0.1, 0.15) is 17.3 Å². The van der Waals surface area contributed by atoms with Gasteiger partial charge in [0.05, 0.1) is 6.20 Å². The summed E-state index contributed by atoms with van der Waals surface area (Å²) in [6.07, 6.45) is 1.46. The molecule has 0 aliphatic heterocycles. The van der Waals surface area contributed by atoms with Gasteiger partial charge in [-0.3, -0.25) is 9.36 Å². The third-order valence-corrected chi connectivity index (χ3v) is 5.18. The molecule has 0 aliphatic carbocycles. The van der Waals surface area contributed by atoms with Crippen LogP contribution >= 0.6 is 23.4 Å². The van der Waals surface area contributed by atoms with E-state index in [1.807, 2.05) is 0 Å². The molecule has 0 bridgehead atoms. The maximum Gasteiger partial charge on any atom is 0.272 e. The van der Waals surface area contributed by atoms with E-state index in [1.165, 1.54) is 41.1 Å². The zero-order chi connectivity index (χ0) is 19.6. The van der Waals surface area contributed by atoms with E-state index in [4.69, 9.17) is 11.6 Å². The maximum atomic E-state index is 14.0. The van der Waals surface area contributed by atoms with Crippen molar-refractivity contribution in [3.05, 3.63) is 76.6 Å². The molecule has 0 spiro atoms. The Morgan fingerprint density at radius 3 is 2.52 bits per heavy atom. The molecule has 1 amide bonds. The van der Waals surface area contributed by atoms with Gasteiger partial charge >= 0.3 is 0 Å². The normalized spacial score (nSPS) is 10.9. The second kappa shape index (κ2) is 8.10. The van der Waals surface area contributed by atoms with Crippen LogP contribution in [-0.2, 0) is 5.75 Å². The van der Waals surface area contributed by atoms with Gasteiger partial charge in [-0.25, -0.2) is 13.8 Å². The van der Waals surface area contributed by atoms with E-state index in [1.54, 1.807) is 42.9 Å². The molecule has 0 N–H and O–H groups in total. The summed E-state index contributed by atoms with van der Waals surface area (Å²) < 4.78 is 29.0. The molecule has 4 nitrogen and oxygen atoms in total. The summed E-state index contributed by atoms with van der Waals surface area (Å²) >= 11 is 7.32. The van der Waals surface area contributed by atoms with E-state index in [0.29, 0.717) is 27.1 Å². The van der Waals surface area contributed by atoms with Crippen LogP contribution in [0.2, 0.25) is 5.02 Å². The molecule has 0 fully saturated rings. The molecule has 3 aromatic rings. The van der Waals surface area contributed by atoms with Crippen molar-refractivity contribution < 1.29 is 13.6 Å². The molecule has 0 saturated carbocycles. The maximum absolute atomic E-state index is 14.0. The largest absolute Gasteiger partial charge is 0.343 e. The van der Waals surface area contributed by atoms with Crippen LogP contribution in [0.4, 0.5) is 8.78 Å². The van der Waals surface area contributed by atoms with Gasteiger partial charge in [-0.15, -0.1) is 0 Å². The number of aromatic nitrogens is 2. The van der Waals surface area contributed by atoms with E-state index in [0.717, 1.165) is 0 Å². The summed E-state index contributed by atoms with van der Waals surface area (Å²) in [5.41, 5.74) is 1.27. The van der Waals surface area contributed by atoms with Gasteiger partial charge < -0.3 is 4.90 Å². The van der Waals surface area contributed by atoms with Gasteiger partial charge in [-0.2, -0.15) is 0 Å². The van der Waals surface area contributed by atoms with Crippen molar-refractivity contribution in [2.45, 2.75) is 10.9 Å². The van der Waals surface area contributed by atoms with Crippen LogP contribution in [0.25, 0.3) is 5.69 Å². The lowest BCUT2D eigenvalue weighted by Gasteiger charge is -2.15. The molecule has 3 rings (SSSR count). The Bertz CT molecular complexity index is 953. The molecule has 0 aliphatic rings. The fourth-order valence-electron chi connectivity index (χ4n) is 2.46. The Morgan fingerprint density at radius 2 is 1.89 bits per heavy atom. The first-order valence-corrected chi connectivity index (χ1v) is 9.36. The van der Waals surface area contributed by atoms with E-state index in [9.17, 15) is 13.6 Å². The minimum Gasteiger partial charge on any atom is -0.343 e. The average molecular weight is 408 g/mol. The lowest BCUT2D eigenvalue weighted by atomic mass is 10.2. The number of thioether (sulfide) groups is 1. The first kappa shape index (κ1) is 19.4. The lowest BCUT2D eigenvalue weighted by molar-refractivity contribution is 0.0819. The Kier molecular flexibility index (Phi) is 5.82. The molecule has 8 heteroatoms. The number of nitrogens with zero attached hydrogens (tertiary/aromatic N) is 3. The van der Waals surface area contributed by atoms with Crippen LogP contribution in [0.1, 0.15) is 16.1 Å². The van der Waals surface area contributed by atoms with Crippen molar-refractivity contribution >= 4 is 29.3 Å². The molecule has 140 valence electrons. The number of benzene rings is 2. The minimum absolute atomic E-state index is 0.235. The predicted molar refractivity (Wildman–Crippen MR) is 103 cm³/mol. The van der Waals surface area contributed by atoms with Crippen LogP contribution in [0.3, 0.4) is 0 Å². The van der Waals surface area contributed by atoms with E-state index in [2.05, 4.69) is 4.98 Å². The monoisotopic (exact) mass is 407 g/mol. The van der Waals surface area contributed by atoms with Gasteiger partial charge in [0.15, 0.2) is 5.16 Å². The van der Waals surface area contributed by atoms with Crippen molar-refractivity contribution in [1.82, 2.24) is 14.5 Å². The molecule has 1 aromatic heterocycles. The Labute approximate surface area is 164 Å². The Hall–Kier alpha value is -2.38. The van der Waals surface area contributed by atoms with E-state index in [-0.39, 0.29) is 17.5 Å². The number of amides is 1. The van der Waals surface area contributed by atoms with Crippen LogP contribution in [0.15, 0.2) is 53.8 Å². The number of carbonyl (C=O) groups is 1. The first-order chi connectivity index (χ1) is 12.9. The molecule has 2 aromatic carbocycles. The summed E-state index contributed by atoms with van der Waals surface area (Å²) in [5.74, 6) is -0.798. The molecule has 0 unspecified atom stereocenters. The molecule has 27 heavy (non-hydrogen) atoms. The van der Waals surface area contributed by atoms with Gasteiger partial charge in [-0.05, 0) is 36.4 Å². The van der Waals surface area contributed by atoms with Crippen LogP contribution in [0, 0.1) is 11.6 Å². The SMILES string of the molecule is CN(C)C(=O)c1cnc(SCc2c(F)cccc2Cl)n1-c1ccc(F)cc1. The molecule has 0 atom stereocenters. The highest BCUT2D eigenvalue weighted by molar-refractivity contribution is 7.98. The smallest absolute Gasteiger partial charge is 0.272 e. The quantitative estimate of drug-likeness (QED) is 0.570. The molecule has 0 radical (unpaired) electrons. The molecule has 1 heterocycles. The molecular weight excluding hydrogens is 392 g/mol. The Balaban J connectivity index is 2.00. The fourth-order valence-corrected chi connectivity index (χ4v) is 3.80. The van der Waals surface area contributed by atoms with Crippen LogP contribution in [-0.4, -0.2) is 34.5 Å². The Morgan fingerprint density at radius 1 is 1.19 bits per heavy atom. The summed E-state index contributed by atoms with van der Waals surface area (Å²) in [4.78, 5) is 18.2. The van der Waals surface area contributed by atoms with Gasteiger partial charge in [0.25, 0.3) is 5.91 Å². The summed E-state index contributed by atoms with van der Waals surface area (Å²) in [5, 5.41) is 0.804. The number of imidazole rings is 1. The second-order valence-corrected chi connectivity index (χ2v) is 7.28. The highest BCUT2D eigenvalue weighted by Crippen LogP contribution is 2.30. The van der Waals surface area contributed by atoms with Crippen molar-refractivity contribution in [3.8, 4) is 5.69 Å². The zero-order valence-electron chi connectivity index (χ0n) is 14.6. The average Bonchev–Trinajstić information content (AvgIpc) is 3.05. The van der Waals surface area contributed by atoms with Crippen molar-refractivity contribution in [3.63, 3.8) is 0 Å². The van der Waals surface area contributed by atoms with Gasteiger partial charge in [0.2, 0.25) is 0 Å². The van der Waals surface area contributed by atoms with Crippen molar-refractivity contribution in [1.29, 1.82) is 0 Å². The van der Waals surface area contributed by atoms with Crippen LogP contribution < -0.4 is 0 Å². The van der Waals surface area contributed by atoms with E-state index >= 15 is 0 Å². The summed E-state index contributed by atoms with van der Waals surface area (Å²) in [6.45, 7) is 0. The van der Waals surface area contributed by atoms with Gasteiger partial charge in [0, 0.05) is 36.1 Å². The number of halogens is 3. The molecular formula is C19H16ClF2N3OS. The lowest BCUT2D eigenvalue weighted by Crippen LogP contribution is -2.24. The third-order valence-electron chi connectivity index (χ3n) is 3.85. The number of carbonyl (C=O) groups excluding carboxylic acids is 1. The standard InChI is InChI=1S/C19H16ClF2N3OS/c1-24(2)18(26)17-10-23-19(25(17)13-8-6-12(21)7-9-13)27-11-14-15(20)4-3-5-16(14)22/h3-10H,11H2,1-2H3. The summed E-state index contributed by atoms with van der Waals surface area (Å²) in [6, 6.07) is 10.2. The van der Waals surface area contributed by atoms with Crippen LogP contribution in [0.5, 0.6) is 0 Å². The summed E-state index contributed by atoms with van der Waals surface area (Å²) in [7, 11) is 3.27. The third kappa shape index (κ3) is 4.14. The first-order valence-electron chi connectivity index (χ1n) is 7.99. The fraction of sp³-hybridized carbons (Fsp3) is 0.158. The van der Waals surface area contributed by atoms with Crippen molar-refractivity contribution in [2.24, 2.45) is 0 Å². The minimum atomic E-state index is -0.403. The highest BCUT2D eigenvalue weighted by atomic mass is 35.5. The second-order valence-electron chi connectivity index (χ2n) is 5.93. The molecule has 0 saturated heterocycles. The zero-order valence-corrected chi connectivity index (χ0v) is 16.2. The predicted octanol–water partition coefficient (Wildman–Crippen LogP) is 4.80. The number of hydrogen-bond acceptors (Lipinski definition) is 3. The van der Waals surface area contributed by atoms with Gasteiger partial charge in [-0.1, -0.05) is 29.4 Å².